The Kier molecular flexibility index (Phi) is 2.24. The molecule has 0 fully saturated rings. The topological polar surface area (TPSA) is 9.23 Å². The van der Waals surface area contributed by atoms with Gasteiger partial charge in [0.1, 0.15) is 12.2 Å². The van der Waals surface area contributed by atoms with Crippen LogP contribution in [0.25, 0.3) is 0 Å². The monoisotopic (exact) mass is 280 g/mol. The first-order chi connectivity index (χ1) is 7.11. The van der Waals surface area contributed by atoms with Crippen LogP contribution < -0.4 is 0 Å². The van der Waals surface area contributed by atoms with Crippen molar-refractivity contribution < 1.29 is 4.74 Å². The van der Waals surface area contributed by atoms with Crippen molar-refractivity contribution in [1.82, 2.24) is 0 Å². The lowest BCUT2D eigenvalue weighted by Crippen LogP contribution is -1.97. The van der Waals surface area contributed by atoms with Gasteiger partial charge < -0.3 is 4.74 Å². The summed E-state index contributed by atoms with van der Waals surface area (Å²) in [6.07, 6.45) is 3.62. The number of ether oxygens (including phenoxy) is 1. The van der Waals surface area contributed by atoms with E-state index in [1.54, 1.807) is 0 Å². The van der Waals surface area contributed by atoms with E-state index in [0.717, 1.165) is 11.1 Å². The molecule has 0 saturated carbocycles. The Morgan fingerprint density at radius 2 is 1.13 bits per heavy atom. The molecule has 78 valence electrons. The van der Waals surface area contributed by atoms with Crippen LogP contribution in [0.5, 0.6) is 0 Å². The molecule has 0 N–H and O–H groups in total. The van der Waals surface area contributed by atoms with Crippen LogP contribution in [-0.2, 0) is 4.74 Å². The van der Waals surface area contributed by atoms with Gasteiger partial charge in [0.25, 0.3) is 0 Å². The molecule has 0 amide bonds. The van der Waals surface area contributed by atoms with E-state index < -0.39 is 0 Å². The molecule has 3 rings (SSSR count). The summed E-state index contributed by atoms with van der Waals surface area (Å²) in [5.74, 6) is 0. The van der Waals surface area contributed by atoms with E-state index in [0.29, 0.717) is 20.1 Å². The van der Waals surface area contributed by atoms with E-state index in [9.17, 15) is 0 Å². The maximum Gasteiger partial charge on any atom is 0.104 e. The fraction of sp³-hybridized carbons (Fsp3) is 0.200. The zero-order valence-corrected chi connectivity index (χ0v) is 10.3. The van der Waals surface area contributed by atoms with Crippen LogP contribution in [0.3, 0.4) is 0 Å². The summed E-state index contributed by atoms with van der Waals surface area (Å²) < 4.78 is 5.62. The highest BCUT2D eigenvalue weighted by Gasteiger charge is 2.39. The Bertz CT molecular complexity index is 452. The first-order valence-corrected chi connectivity index (χ1v) is 5.82. The van der Waals surface area contributed by atoms with Crippen LogP contribution in [0.1, 0.15) is 23.3 Å². The molecular formula is C10H4Cl4O. The Morgan fingerprint density at radius 3 is 1.53 bits per heavy atom. The summed E-state index contributed by atoms with van der Waals surface area (Å²) in [7, 11) is 0. The molecule has 2 aliphatic heterocycles. The molecule has 1 nitrogen and oxygen atoms in total. The van der Waals surface area contributed by atoms with E-state index in [2.05, 4.69) is 0 Å². The number of rotatable bonds is 0. The second kappa shape index (κ2) is 3.28. The van der Waals surface area contributed by atoms with Gasteiger partial charge in [-0.25, -0.2) is 0 Å². The van der Waals surface area contributed by atoms with Gasteiger partial charge in [-0.15, -0.1) is 0 Å². The van der Waals surface area contributed by atoms with Crippen molar-refractivity contribution in [1.29, 1.82) is 0 Å². The molecule has 0 spiro atoms. The molecule has 0 saturated heterocycles. The van der Waals surface area contributed by atoms with Crippen LogP contribution >= 0.6 is 46.4 Å². The van der Waals surface area contributed by atoms with Crippen LogP contribution in [0.2, 0.25) is 20.1 Å². The summed E-state index contributed by atoms with van der Waals surface area (Å²) >= 11 is 24.2. The number of fused-ring (bicyclic) bond motifs is 5. The van der Waals surface area contributed by atoms with E-state index in [1.165, 1.54) is 0 Å². The molecule has 5 heteroatoms. The molecule has 2 aliphatic rings. The highest BCUT2D eigenvalue weighted by molar-refractivity contribution is 6.52. The van der Waals surface area contributed by atoms with Gasteiger partial charge in [0.15, 0.2) is 0 Å². The number of hydrogen-bond donors (Lipinski definition) is 0. The van der Waals surface area contributed by atoms with E-state index in [1.807, 2.05) is 12.2 Å². The fourth-order valence-corrected chi connectivity index (χ4v) is 3.10. The third kappa shape index (κ3) is 1.22. The molecule has 15 heavy (non-hydrogen) atoms. The van der Waals surface area contributed by atoms with Crippen molar-refractivity contribution >= 4 is 46.4 Å². The van der Waals surface area contributed by atoms with Gasteiger partial charge in [-0.05, 0) is 0 Å². The second-order valence-corrected chi connectivity index (χ2v) is 4.96. The summed E-state index contributed by atoms with van der Waals surface area (Å²) in [5, 5.41) is 1.48. The molecule has 0 unspecified atom stereocenters. The lowest BCUT2D eigenvalue weighted by Gasteiger charge is -2.14. The second-order valence-electron chi connectivity index (χ2n) is 3.45. The van der Waals surface area contributed by atoms with Crippen molar-refractivity contribution in [2.45, 2.75) is 12.2 Å². The van der Waals surface area contributed by atoms with Gasteiger partial charge in [-0.1, -0.05) is 58.6 Å². The SMILES string of the molecule is Clc1c(Cl)c(Cl)c2c(c1Cl)[C@H]1C=C[C@H]2O1. The van der Waals surface area contributed by atoms with E-state index in [-0.39, 0.29) is 12.2 Å². The molecule has 2 heterocycles. The molecule has 0 aliphatic carbocycles. The van der Waals surface area contributed by atoms with Crippen LogP contribution in [-0.4, -0.2) is 0 Å². The average molecular weight is 282 g/mol. The van der Waals surface area contributed by atoms with Gasteiger partial charge in [-0.3, -0.25) is 0 Å². The minimum absolute atomic E-state index is 0.134. The van der Waals surface area contributed by atoms with Crippen LogP contribution in [0, 0.1) is 0 Å². The van der Waals surface area contributed by atoms with Crippen LogP contribution in [0.4, 0.5) is 0 Å². The summed E-state index contributed by atoms with van der Waals surface area (Å²) in [6.45, 7) is 0. The third-order valence-electron chi connectivity index (χ3n) is 2.66. The van der Waals surface area contributed by atoms with Gasteiger partial charge in [0, 0.05) is 11.1 Å². The minimum atomic E-state index is -0.134. The normalized spacial score (nSPS) is 26.1. The van der Waals surface area contributed by atoms with Crippen LogP contribution in [0.15, 0.2) is 12.2 Å². The first kappa shape index (κ1) is 10.2. The molecular weight excluding hydrogens is 278 g/mol. The summed E-state index contributed by atoms with van der Waals surface area (Å²) in [6, 6.07) is 0. The van der Waals surface area contributed by atoms with Crippen molar-refractivity contribution in [3.05, 3.63) is 43.4 Å². The Balaban J connectivity index is 2.38. The smallest absolute Gasteiger partial charge is 0.104 e. The largest absolute Gasteiger partial charge is 0.357 e. The highest BCUT2D eigenvalue weighted by atomic mass is 35.5. The van der Waals surface area contributed by atoms with Gasteiger partial charge in [0.05, 0.1) is 20.1 Å². The predicted octanol–water partition coefficient (Wildman–Crippen LogP) is 4.98. The molecule has 1 aromatic rings. The quantitative estimate of drug-likeness (QED) is 0.370. The number of hydrogen-bond acceptors (Lipinski definition) is 1. The average Bonchev–Trinajstić information content (AvgIpc) is 2.82. The van der Waals surface area contributed by atoms with Gasteiger partial charge in [-0.2, -0.15) is 0 Å². The Hall–Kier alpha value is 0.0800. The highest BCUT2D eigenvalue weighted by Crippen LogP contribution is 2.55. The van der Waals surface area contributed by atoms with Gasteiger partial charge >= 0.3 is 0 Å². The van der Waals surface area contributed by atoms with E-state index in [4.69, 9.17) is 51.1 Å². The Labute approximate surface area is 107 Å². The van der Waals surface area contributed by atoms with Gasteiger partial charge in [0.2, 0.25) is 0 Å². The summed E-state index contributed by atoms with van der Waals surface area (Å²) in [4.78, 5) is 0. The van der Waals surface area contributed by atoms with E-state index >= 15 is 0 Å². The molecule has 2 atom stereocenters. The molecule has 2 bridgehead atoms. The molecule has 1 aromatic carbocycles. The molecule has 0 radical (unpaired) electrons. The lowest BCUT2D eigenvalue weighted by atomic mass is 9.97. The predicted molar refractivity (Wildman–Crippen MR) is 62.2 cm³/mol. The maximum absolute atomic E-state index is 6.12. The Morgan fingerprint density at radius 1 is 0.733 bits per heavy atom. The zero-order valence-electron chi connectivity index (χ0n) is 7.23. The maximum atomic E-state index is 6.12. The van der Waals surface area contributed by atoms with Crippen molar-refractivity contribution in [2.75, 3.05) is 0 Å². The van der Waals surface area contributed by atoms with Crippen molar-refractivity contribution in [2.24, 2.45) is 0 Å². The standard InChI is InChI=1S/C10H4Cl4O/c11-7-5-3-1-2-4(15-3)6(5)8(12)10(14)9(7)13/h1-4H/t3-,4-/m1/s1. The zero-order chi connectivity index (χ0) is 10.7. The van der Waals surface area contributed by atoms with Crippen molar-refractivity contribution in [3.63, 3.8) is 0 Å². The van der Waals surface area contributed by atoms with Crippen molar-refractivity contribution in [3.8, 4) is 0 Å². The molecule has 0 aromatic heterocycles. The first-order valence-electron chi connectivity index (χ1n) is 4.30. The number of benzene rings is 1. The fourth-order valence-electron chi connectivity index (χ4n) is 2.00. The lowest BCUT2D eigenvalue weighted by molar-refractivity contribution is 0.0879. The summed E-state index contributed by atoms with van der Waals surface area (Å²) in [5.41, 5.74) is 1.70. The third-order valence-corrected chi connectivity index (χ3v) is 4.50. The minimum Gasteiger partial charge on any atom is -0.357 e. The number of halogens is 4.